The summed E-state index contributed by atoms with van der Waals surface area (Å²) in [7, 11) is 0. The van der Waals surface area contributed by atoms with Gasteiger partial charge < -0.3 is 9.84 Å². The third-order valence-electron chi connectivity index (χ3n) is 4.22. The van der Waals surface area contributed by atoms with E-state index in [4.69, 9.17) is 4.74 Å². The Hall–Kier alpha value is -0.0800. The van der Waals surface area contributed by atoms with Crippen molar-refractivity contribution in [1.29, 1.82) is 0 Å². The number of hydrogen-bond acceptors (Lipinski definition) is 2. The molecule has 1 N–H and O–H groups in total. The SMILES string of the molecule is CCCCC1(C(O)C2CO2)CCCCC1. The summed E-state index contributed by atoms with van der Waals surface area (Å²) < 4.78 is 5.28. The predicted octanol–water partition coefficient (Wildman–Crippen LogP) is 2.89. The fourth-order valence-electron chi connectivity index (χ4n) is 3.11. The molecule has 2 aliphatic rings. The van der Waals surface area contributed by atoms with Gasteiger partial charge >= 0.3 is 0 Å². The lowest BCUT2D eigenvalue weighted by atomic mass is 9.66. The van der Waals surface area contributed by atoms with Crippen LogP contribution in [0, 0.1) is 5.41 Å². The highest BCUT2D eigenvalue weighted by molar-refractivity contribution is 4.96. The second-order valence-electron chi connectivity index (χ2n) is 5.34. The minimum atomic E-state index is -0.190. The molecule has 0 spiro atoms. The first-order valence-corrected chi connectivity index (χ1v) is 6.58. The minimum absolute atomic E-state index is 0.167. The van der Waals surface area contributed by atoms with Gasteiger partial charge in [-0.2, -0.15) is 0 Å². The molecule has 2 unspecified atom stereocenters. The summed E-state index contributed by atoms with van der Waals surface area (Å²) in [6, 6.07) is 0. The van der Waals surface area contributed by atoms with Crippen molar-refractivity contribution < 1.29 is 9.84 Å². The first-order valence-electron chi connectivity index (χ1n) is 6.58. The molecule has 1 saturated heterocycles. The Kier molecular flexibility index (Phi) is 3.68. The van der Waals surface area contributed by atoms with Gasteiger partial charge in [0, 0.05) is 0 Å². The molecule has 0 aromatic heterocycles. The molecule has 2 nitrogen and oxygen atoms in total. The van der Waals surface area contributed by atoms with E-state index in [1.165, 1.54) is 51.4 Å². The average Bonchev–Trinajstić information content (AvgIpc) is 3.10. The second-order valence-corrected chi connectivity index (χ2v) is 5.34. The van der Waals surface area contributed by atoms with Gasteiger partial charge in [-0.15, -0.1) is 0 Å². The van der Waals surface area contributed by atoms with Gasteiger partial charge in [-0.05, 0) is 24.7 Å². The normalized spacial score (nSPS) is 31.2. The van der Waals surface area contributed by atoms with Crippen molar-refractivity contribution in [2.45, 2.75) is 70.5 Å². The van der Waals surface area contributed by atoms with E-state index in [0.717, 1.165) is 6.61 Å². The van der Waals surface area contributed by atoms with Crippen molar-refractivity contribution in [2.75, 3.05) is 6.61 Å². The van der Waals surface area contributed by atoms with Crippen molar-refractivity contribution in [3.63, 3.8) is 0 Å². The molecular formula is C13H24O2. The minimum Gasteiger partial charge on any atom is -0.390 e. The van der Waals surface area contributed by atoms with E-state index < -0.39 is 0 Å². The zero-order valence-electron chi connectivity index (χ0n) is 9.87. The Morgan fingerprint density at radius 1 is 1.33 bits per heavy atom. The van der Waals surface area contributed by atoms with Crippen LogP contribution in [-0.4, -0.2) is 23.9 Å². The van der Waals surface area contributed by atoms with Crippen molar-refractivity contribution in [3.8, 4) is 0 Å². The standard InChI is InChI=1S/C13H24O2/c1-2-3-7-13(8-5-4-6-9-13)12(14)11-10-15-11/h11-12,14H,2-10H2,1H3. The largest absolute Gasteiger partial charge is 0.390 e. The molecule has 0 aromatic carbocycles. The van der Waals surface area contributed by atoms with Crippen LogP contribution >= 0.6 is 0 Å². The van der Waals surface area contributed by atoms with Gasteiger partial charge in [0.05, 0.1) is 12.7 Å². The molecule has 1 aliphatic carbocycles. The Morgan fingerprint density at radius 2 is 2.00 bits per heavy atom. The third kappa shape index (κ3) is 2.54. The number of aliphatic hydroxyl groups excluding tert-OH is 1. The van der Waals surface area contributed by atoms with Crippen LogP contribution in [0.15, 0.2) is 0 Å². The molecule has 1 aliphatic heterocycles. The van der Waals surface area contributed by atoms with Crippen LogP contribution in [-0.2, 0) is 4.74 Å². The smallest absolute Gasteiger partial charge is 0.107 e. The van der Waals surface area contributed by atoms with E-state index in [0.29, 0.717) is 0 Å². The van der Waals surface area contributed by atoms with E-state index >= 15 is 0 Å². The average molecular weight is 212 g/mol. The van der Waals surface area contributed by atoms with Crippen molar-refractivity contribution in [2.24, 2.45) is 5.41 Å². The number of hydrogen-bond donors (Lipinski definition) is 1. The molecule has 0 aromatic rings. The molecule has 2 atom stereocenters. The summed E-state index contributed by atoms with van der Waals surface area (Å²) in [5, 5.41) is 10.4. The quantitative estimate of drug-likeness (QED) is 0.711. The highest BCUT2D eigenvalue weighted by Crippen LogP contribution is 2.46. The third-order valence-corrected chi connectivity index (χ3v) is 4.22. The van der Waals surface area contributed by atoms with E-state index in [-0.39, 0.29) is 17.6 Å². The molecule has 1 saturated carbocycles. The maximum absolute atomic E-state index is 10.4. The highest BCUT2D eigenvalue weighted by atomic mass is 16.6. The number of ether oxygens (including phenoxy) is 1. The summed E-state index contributed by atoms with van der Waals surface area (Å²) in [5.41, 5.74) is 0.204. The number of epoxide rings is 1. The van der Waals surface area contributed by atoms with Crippen LogP contribution in [0.4, 0.5) is 0 Å². The number of unbranched alkanes of at least 4 members (excludes halogenated alkanes) is 1. The molecule has 0 bridgehead atoms. The fourth-order valence-corrected chi connectivity index (χ4v) is 3.11. The molecule has 88 valence electrons. The van der Waals surface area contributed by atoms with Crippen LogP contribution in [0.1, 0.15) is 58.3 Å². The van der Waals surface area contributed by atoms with Gasteiger partial charge in [0.1, 0.15) is 6.10 Å². The van der Waals surface area contributed by atoms with Crippen molar-refractivity contribution in [3.05, 3.63) is 0 Å². The Bertz CT molecular complexity index is 193. The number of aliphatic hydroxyl groups is 1. The summed E-state index contributed by atoms with van der Waals surface area (Å²) in [4.78, 5) is 0. The first-order chi connectivity index (χ1) is 7.28. The van der Waals surface area contributed by atoms with Crippen LogP contribution in [0.25, 0.3) is 0 Å². The molecule has 2 rings (SSSR count). The lowest BCUT2D eigenvalue weighted by Gasteiger charge is -2.41. The van der Waals surface area contributed by atoms with Crippen molar-refractivity contribution in [1.82, 2.24) is 0 Å². The van der Waals surface area contributed by atoms with Gasteiger partial charge in [0.25, 0.3) is 0 Å². The molecular weight excluding hydrogens is 188 g/mol. The number of rotatable bonds is 5. The maximum atomic E-state index is 10.4. The topological polar surface area (TPSA) is 32.8 Å². The van der Waals surface area contributed by atoms with Gasteiger partial charge in [0.2, 0.25) is 0 Å². The monoisotopic (exact) mass is 212 g/mol. The fraction of sp³-hybridized carbons (Fsp3) is 1.00. The predicted molar refractivity (Wildman–Crippen MR) is 60.8 cm³/mol. The molecule has 0 radical (unpaired) electrons. The van der Waals surface area contributed by atoms with Gasteiger partial charge in [-0.3, -0.25) is 0 Å². The Labute approximate surface area is 93.0 Å². The highest BCUT2D eigenvalue weighted by Gasteiger charge is 2.46. The lowest BCUT2D eigenvalue weighted by Crippen LogP contribution is -2.40. The molecule has 1 heterocycles. The summed E-state index contributed by atoms with van der Waals surface area (Å²) in [6.45, 7) is 3.02. The van der Waals surface area contributed by atoms with Crippen LogP contribution < -0.4 is 0 Å². The second kappa shape index (κ2) is 4.84. The molecule has 2 heteroatoms. The zero-order valence-corrected chi connectivity index (χ0v) is 9.87. The van der Waals surface area contributed by atoms with E-state index in [1.54, 1.807) is 0 Å². The molecule has 0 amide bonds. The van der Waals surface area contributed by atoms with Crippen LogP contribution in [0.3, 0.4) is 0 Å². The summed E-state index contributed by atoms with van der Waals surface area (Å²) >= 11 is 0. The zero-order chi connectivity index (χ0) is 10.7. The molecule has 2 fully saturated rings. The van der Waals surface area contributed by atoms with Crippen molar-refractivity contribution >= 4 is 0 Å². The molecule has 15 heavy (non-hydrogen) atoms. The van der Waals surface area contributed by atoms with E-state index in [9.17, 15) is 5.11 Å². The Morgan fingerprint density at radius 3 is 2.53 bits per heavy atom. The summed E-state index contributed by atoms with van der Waals surface area (Å²) in [5.74, 6) is 0. The Balaban J connectivity index is 1.98. The van der Waals surface area contributed by atoms with Gasteiger partial charge in [-0.1, -0.05) is 39.0 Å². The van der Waals surface area contributed by atoms with Gasteiger partial charge in [0.15, 0.2) is 0 Å². The van der Waals surface area contributed by atoms with E-state index in [2.05, 4.69) is 6.92 Å². The van der Waals surface area contributed by atoms with Gasteiger partial charge in [-0.25, -0.2) is 0 Å². The first kappa shape index (κ1) is 11.4. The maximum Gasteiger partial charge on any atom is 0.107 e. The lowest BCUT2D eigenvalue weighted by molar-refractivity contribution is -0.0282. The van der Waals surface area contributed by atoms with E-state index in [1.807, 2.05) is 0 Å². The summed E-state index contributed by atoms with van der Waals surface area (Å²) in [6.07, 6.45) is 10.0. The van der Waals surface area contributed by atoms with Crippen LogP contribution in [0.5, 0.6) is 0 Å². The van der Waals surface area contributed by atoms with Crippen LogP contribution in [0.2, 0.25) is 0 Å².